The van der Waals surface area contributed by atoms with E-state index < -0.39 is 30.0 Å². The summed E-state index contributed by atoms with van der Waals surface area (Å²) in [6.45, 7) is 2.17. The van der Waals surface area contributed by atoms with Gasteiger partial charge in [0.25, 0.3) is 0 Å². The average Bonchev–Trinajstić information content (AvgIpc) is 3.42. The number of hydrogen-bond donors (Lipinski definition) is 0. The fourth-order valence-corrected chi connectivity index (χ4v) is 5.91. The Hall–Kier alpha value is -3.24. The number of alkyl halides is 3. The molecule has 1 atom stereocenters. The fourth-order valence-electron chi connectivity index (χ4n) is 4.90. The Bertz CT molecular complexity index is 1630. The van der Waals surface area contributed by atoms with E-state index in [0.29, 0.717) is 55.3 Å². The molecule has 208 valence electrons. The van der Waals surface area contributed by atoms with Gasteiger partial charge in [-0.25, -0.2) is 14.4 Å². The van der Waals surface area contributed by atoms with Gasteiger partial charge in [0.1, 0.15) is 39.6 Å². The highest BCUT2D eigenvalue weighted by atomic mass is 35.5. The Morgan fingerprint density at radius 1 is 1.23 bits per heavy atom. The van der Waals surface area contributed by atoms with E-state index in [9.17, 15) is 22.8 Å². The van der Waals surface area contributed by atoms with Gasteiger partial charge >= 0.3 is 6.18 Å². The molecule has 2 aliphatic heterocycles. The summed E-state index contributed by atoms with van der Waals surface area (Å²) >= 11 is 7.10. The highest BCUT2D eigenvalue weighted by molar-refractivity contribution is 7.19. The molecule has 13 heteroatoms. The number of hydrogen-bond acceptors (Lipinski definition) is 7. The van der Waals surface area contributed by atoms with Gasteiger partial charge in [0.15, 0.2) is 0 Å². The summed E-state index contributed by atoms with van der Waals surface area (Å²) in [5.74, 6) is -0.461. The van der Waals surface area contributed by atoms with Crippen LogP contribution in [-0.4, -0.2) is 38.7 Å². The number of imidazole rings is 1. The molecule has 5 heterocycles. The van der Waals surface area contributed by atoms with Crippen LogP contribution in [0.4, 0.5) is 17.6 Å². The SMILES string of the molecule is N#Cc1cc2c(nc(CN3CCc4cc(C(F)(F)F)c(OCc5ccc(Cl)cc5F)nc4C3)n2C[C@@H]2CCO2)s1. The molecule has 40 heavy (non-hydrogen) atoms. The number of fused-ring (bicyclic) bond motifs is 2. The third kappa shape index (κ3) is 5.39. The van der Waals surface area contributed by atoms with Crippen LogP contribution in [0.25, 0.3) is 10.3 Å². The third-order valence-electron chi connectivity index (χ3n) is 7.09. The van der Waals surface area contributed by atoms with E-state index in [2.05, 4.69) is 20.5 Å². The van der Waals surface area contributed by atoms with Gasteiger partial charge < -0.3 is 14.0 Å². The zero-order valence-corrected chi connectivity index (χ0v) is 22.5. The summed E-state index contributed by atoms with van der Waals surface area (Å²) in [4.78, 5) is 12.5. The number of halogens is 5. The zero-order valence-electron chi connectivity index (χ0n) is 21.0. The van der Waals surface area contributed by atoms with Crippen molar-refractivity contribution in [3.63, 3.8) is 0 Å². The molecule has 0 unspecified atom stereocenters. The molecule has 0 amide bonds. The standard InChI is InChI=1S/C27H22ClF4N5O2S/c28-17-2-1-16(21(29)8-17)14-39-25-20(27(30,31)32)7-15-3-5-36(12-22(15)34-25)13-24-35-26-23(9-19(10-33)40-26)37(24)11-18-4-6-38-18/h1-2,7-9,18H,3-6,11-14H2/t18-/m0/s1. The smallest absolute Gasteiger partial charge is 0.421 e. The van der Waals surface area contributed by atoms with Crippen LogP contribution in [0, 0.1) is 17.1 Å². The number of nitriles is 1. The van der Waals surface area contributed by atoms with Gasteiger partial charge in [-0.15, -0.1) is 11.3 Å². The van der Waals surface area contributed by atoms with Crippen LogP contribution in [0.5, 0.6) is 5.88 Å². The van der Waals surface area contributed by atoms with Crippen molar-refractivity contribution in [2.24, 2.45) is 0 Å². The van der Waals surface area contributed by atoms with Gasteiger partial charge in [-0.05, 0) is 42.7 Å². The average molecular weight is 592 g/mol. The Kier molecular flexibility index (Phi) is 7.16. The van der Waals surface area contributed by atoms with Crippen molar-refractivity contribution in [2.75, 3.05) is 13.2 Å². The molecule has 0 N–H and O–H groups in total. The van der Waals surface area contributed by atoms with Crippen LogP contribution in [0.3, 0.4) is 0 Å². The maximum absolute atomic E-state index is 14.2. The summed E-state index contributed by atoms with van der Waals surface area (Å²) in [6, 6.07) is 8.97. The molecule has 7 nitrogen and oxygen atoms in total. The molecule has 1 aromatic carbocycles. The quantitative estimate of drug-likeness (QED) is 0.242. The van der Waals surface area contributed by atoms with Gasteiger partial charge in [0.05, 0.1) is 30.4 Å². The van der Waals surface area contributed by atoms with Gasteiger partial charge in [-0.1, -0.05) is 17.7 Å². The molecule has 4 aromatic rings. The fraction of sp³-hybridized carbons (Fsp3) is 0.370. The Morgan fingerprint density at radius 3 is 2.75 bits per heavy atom. The normalized spacial score (nSPS) is 17.4. The van der Waals surface area contributed by atoms with Crippen LogP contribution >= 0.6 is 22.9 Å². The lowest BCUT2D eigenvalue weighted by Gasteiger charge is -2.30. The molecule has 6 rings (SSSR count). The summed E-state index contributed by atoms with van der Waals surface area (Å²) in [6.07, 6.45) is -3.29. The van der Waals surface area contributed by atoms with Crippen molar-refractivity contribution >= 4 is 33.3 Å². The van der Waals surface area contributed by atoms with Gasteiger partial charge in [-0.2, -0.15) is 18.4 Å². The minimum Gasteiger partial charge on any atom is -0.472 e. The maximum Gasteiger partial charge on any atom is 0.421 e. The predicted molar refractivity (Wildman–Crippen MR) is 139 cm³/mol. The lowest BCUT2D eigenvalue weighted by molar-refractivity contribution is -0.139. The van der Waals surface area contributed by atoms with E-state index in [1.807, 2.05) is 6.07 Å². The van der Waals surface area contributed by atoms with Crippen LogP contribution in [0.2, 0.25) is 5.02 Å². The summed E-state index contributed by atoms with van der Waals surface area (Å²) in [5.41, 5.74) is 0.931. The molecule has 0 radical (unpaired) electrons. The lowest BCUT2D eigenvalue weighted by Crippen LogP contribution is -2.34. The molecule has 0 saturated carbocycles. The van der Waals surface area contributed by atoms with Crippen LogP contribution in [0.15, 0.2) is 30.3 Å². The van der Waals surface area contributed by atoms with E-state index >= 15 is 0 Å². The molecular weight excluding hydrogens is 570 g/mol. The number of rotatable bonds is 7. The van der Waals surface area contributed by atoms with Gasteiger partial charge in [0.2, 0.25) is 5.88 Å². The highest BCUT2D eigenvalue weighted by Crippen LogP contribution is 2.38. The Balaban J connectivity index is 1.25. The Labute approximate surface area is 235 Å². The molecule has 1 saturated heterocycles. The number of ether oxygens (including phenoxy) is 2. The molecular formula is C27H22ClF4N5O2S. The second kappa shape index (κ2) is 10.6. The van der Waals surface area contributed by atoms with Gasteiger partial charge in [-0.3, -0.25) is 4.90 Å². The van der Waals surface area contributed by atoms with Crippen LogP contribution in [0.1, 0.15) is 39.5 Å². The van der Waals surface area contributed by atoms with Crippen molar-refractivity contribution in [3.8, 4) is 11.9 Å². The zero-order chi connectivity index (χ0) is 28.0. The van der Waals surface area contributed by atoms with E-state index in [4.69, 9.17) is 26.1 Å². The van der Waals surface area contributed by atoms with E-state index in [1.54, 1.807) is 0 Å². The first-order valence-electron chi connectivity index (χ1n) is 12.6. The molecule has 1 fully saturated rings. The van der Waals surface area contributed by atoms with Crippen LogP contribution in [-0.2, 0) is 43.6 Å². The molecule has 3 aromatic heterocycles. The lowest BCUT2D eigenvalue weighted by atomic mass is 10.0. The van der Waals surface area contributed by atoms with Gasteiger partial charge in [0, 0.05) is 30.3 Å². The first-order chi connectivity index (χ1) is 19.2. The summed E-state index contributed by atoms with van der Waals surface area (Å²) in [5, 5.41) is 9.49. The highest BCUT2D eigenvalue weighted by Gasteiger charge is 2.37. The first-order valence-corrected chi connectivity index (χ1v) is 13.8. The number of pyridine rings is 1. The van der Waals surface area contributed by atoms with Crippen molar-refractivity contribution < 1.29 is 27.0 Å². The minimum absolute atomic E-state index is 0.0699. The second-order valence-corrected chi connectivity index (χ2v) is 11.2. The van der Waals surface area contributed by atoms with Crippen LogP contribution < -0.4 is 4.74 Å². The Morgan fingerprint density at radius 2 is 2.05 bits per heavy atom. The molecule has 0 aliphatic carbocycles. The van der Waals surface area contributed by atoms with E-state index in [-0.39, 0.29) is 16.7 Å². The maximum atomic E-state index is 14.2. The van der Waals surface area contributed by atoms with E-state index in [0.717, 1.165) is 34.7 Å². The van der Waals surface area contributed by atoms with Crippen molar-refractivity contribution in [1.29, 1.82) is 5.26 Å². The second-order valence-electron chi connectivity index (χ2n) is 9.76. The molecule has 0 spiro atoms. The third-order valence-corrected chi connectivity index (χ3v) is 8.25. The first kappa shape index (κ1) is 27.0. The monoisotopic (exact) mass is 591 g/mol. The number of thiophene rings is 1. The van der Waals surface area contributed by atoms with Crippen molar-refractivity contribution in [1.82, 2.24) is 19.4 Å². The number of aromatic nitrogens is 3. The van der Waals surface area contributed by atoms with E-state index in [1.165, 1.54) is 23.5 Å². The van der Waals surface area contributed by atoms with Crippen molar-refractivity contribution in [2.45, 2.75) is 51.4 Å². The predicted octanol–water partition coefficient (Wildman–Crippen LogP) is 6.10. The minimum atomic E-state index is -4.69. The topological polar surface area (TPSA) is 76.2 Å². The summed E-state index contributed by atoms with van der Waals surface area (Å²) < 4.78 is 69.0. The van der Waals surface area contributed by atoms with Crippen molar-refractivity contribution in [3.05, 3.63) is 74.3 Å². The molecule has 2 aliphatic rings. The molecule has 0 bridgehead atoms. The largest absolute Gasteiger partial charge is 0.472 e. The number of nitrogens with zero attached hydrogens (tertiary/aromatic N) is 5. The number of benzene rings is 1. The summed E-state index contributed by atoms with van der Waals surface area (Å²) in [7, 11) is 0.